The molecule has 0 fully saturated rings. The maximum Gasteiger partial charge on any atom is 0.360 e. The summed E-state index contributed by atoms with van der Waals surface area (Å²) in [7, 11) is 2.11. The molecule has 0 aliphatic carbocycles. The van der Waals surface area contributed by atoms with Crippen LogP contribution in [0, 0.1) is 0 Å². The molecule has 0 aromatic carbocycles. The van der Waals surface area contributed by atoms with E-state index in [-0.39, 0.29) is 5.97 Å². The van der Waals surface area contributed by atoms with E-state index in [1.807, 2.05) is 0 Å². The summed E-state index contributed by atoms with van der Waals surface area (Å²) < 4.78 is 4.96. The topological polar surface area (TPSA) is 54.5 Å². The minimum atomic E-state index is -0.356. The number of anilines is 1. The van der Waals surface area contributed by atoms with Gasteiger partial charge in [-0.25, -0.2) is 9.78 Å². The van der Waals surface area contributed by atoms with Crippen molar-refractivity contribution in [2.75, 3.05) is 32.1 Å². The molecular formula is C13H23N3O2S. The Balaban J connectivity index is 2.38. The first kappa shape index (κ1) is 15.9. The molecule has 0 bridgehead atoms. The SMILES string of the molecule is CCOC(=O)c1ncsc1NCCCN(C)C(C)C. The average molecular weight is 285 g/mol. The van der Waals surface area contributed by atoms with E-state index in [0.29, 0.717) is 18.3 Å². The second-order valence-corrected chi connectivity index (χ2v) is 5.46. The molecule has 0 spiro atoms. The van der Waals surface area contributed by atoms with Crippen LogP contribution in [-0.2, 0) is 4.74 Å². The lowest BCUT2D eigenvalue weighted by atomic mass is 10.3. The van der Waals surface area contributed by atoms with E-state index >= 15 is 0 Å². The maximum absolute atomic E-state index is 11.6. The number of esters is 1. The average Bonchev–Trinajstić information content (AvgIpc) is 2.82. The van der Waals surface area contributed by atoms with Crippen molar-refractivity contribution in [3.05, 3.63) is 11.2 Å². The molecule has 0 aliphatic heterocycles. The summed E-state index contributed by atoms with van der Waals surface area (Å²) >= 11 is 1.43. The third-order valence-corrected chi connectivity index (χ3v) is 3.68. The third kappa shape index (κ3) is 5.16. The Morgan fingerprint density at radius 1 is 1.58 bits per heavy atom. The summed E-state index contributed by atoms with van der Waals surface area (Å²) in [6.45, 7) is 8.36. The molecule has 0 saturated carbocycles. The summed E-state index contributed by atoms with van der Waals surface area (Å²) in [4.78, 5) is 18.0. The zero-order valence-corrected chi connectivity index (χ0v) is 12.9. The van der Waals surface area contributed by atoms with Crippen LogP contribution in [0.25, 0.3) is 0 Å². The molecule has 1 aromatic rings. The van der Waals surface area contributed by atoms with E-state index in [0.717, 1.165) is 24.5 Å². The van der Waals surface area contributed by atoms with Gasteiger partial charge in [0.15, 0.2) is 5.69 Å². The summed E-state index contributed by atoms with van der Waals surface area (Å²) in [5.74, 6) is -0.356. The predicted molar refractivity (Wildman–Crippen MR) is 78.9 cm³/mol. The van der Waals surface area contributed by atoms with Crippen LogP contribution in [0.15, 0.2) is 5.51 Å². The van der Waals surface area contributed by atoms with Gasteiger partial charge in [-0.1, -0.05) is 0 Å². The smallest absolute Gasteiger partial charge is 0.360 e. The number of hydrogen-bond donors (Lipinski definition) is 1. The molecule has 0 unspecified atom stereocenters. The lowest BCUT2D eigenvalue weighted by Crippen LogP contribution is -2.28. The number of carbonyl (C=O) groups is 1. The van der Waals surface area contributed by atoms with Gasteiger partial charge in [0.1, 0.15) is 5.00 Å². The first-order chi connectivity index (χ1) is 9.06. The molecule has 1 N–H and O–H groups in total. The van der Waals surface area contributed by atoms with Crippen LogP contribution < -0.4 is 5.32 Å². The van der Waals surface area contributed by atoms with Gasteiger partial charge < -0.3 is 15.0 Å². The fraction of sp³-hybridized carbons (Fsp3) is 0.692. The second-order valence-electron chi connectivity index (χ2n) is 4.61. The highest BCUT2D eigenvalue weighted by molar-refractivity contribution is 7.14. The zero-order chi connectivity index (χ0) is 14.3. The highest BCUT2D eigenvalue weighted by atomic mass is 32.1. The van der Waals surface area contributed by atoms with Crippen molar-refractivity contribution in [1.29, 1.82) is 0 Å². The summed E-state index contributed by atoms with van der Waals surface area (Å²) in [5.41, 5.74) is 2.05. The van der Waals surface area contributed by atoms with Gasteiger partial charge in [-0.3, -0.25) is 0 Å². The molecule has 0 atom stereocenters. The van der Waals surface area contributed by atoms with Crippen LogP contribution >= 0.6 is 11.3 Å². The fourth-order valence-electron chi connectivity index (χ4n) is 1.51. The van der Waals surface area contributed by atoms with E-state index < -0.39 is 0 Å². The number of nitrogens with one attached hydrogen (secondary N) is 1. The standard InChI is InChI=1S/C13H23N3O2S/c1-5-18-13(17)11-12(19-9-15-11)14-7-6-8-16(4)10(2)3/h9-10,14H,5-8H2,1-4H3. The van der Waals surface area contributed by atoms with E-state index in [9.17, 15) is 4.79 Å². The molecule has 108 valence electrons. The Morgan fingerprint density at radius 3 is 2.95 bits per heavy atom. The molecular weight excluding hydrogens is 262 g/mol. The largest absolute Gasteiger partial charge is 0.461 e. The quantitative estimate of drug-likeness (QED) is 0.587. The van der Waals surface area contributed by atoms with E-state index in [1.54, 1.807) is 12.4 Å². The van der Waals surface area contributed by atoms with Crippen molar-refractivity contribution in [3.63, 3.8) is 0 Å². The predicted octanol–water partition coefficient (Wildman–Crippen LogP) is 2.46. The van der Waals surface area contributed by atoms with Crippen LogP contribution in [0.1, 0.15) is 37.7 Å². The van der Waals surface area contributed by atoms with Gasteiger partial charge in [0.05, 0.1) is 12.1 Å². The first-order valence-corrected chi connectivity index (χ1v) is 7.49. The maximum atomic E-state index is 11.6. The van der Waals surface area contributed by atoms with Crippen molar-refractivity contribution in [2.45, 2.75) is 33.2 Å². The number of ether oxygens (including phenoxy) is 1. The Labute approximate surface area is 119 Å². The molecule has 0 radical (unpaired) electrons. The highest BCUT2D eigenvalue weighted by Gasteiger charge is 2.15. The van der Waals surface area contributed by atoms with Crippen molar-refractivity contribution in [2.24, 2.45) is 0 Å². The van der Waals surface area contributed by atoms with Gasteiger partial charge in [-0.2, -0.15) is 0 Å². The molecule has 0 saturated heterocycles. The van der Waals surface area contributed by atoms with Gasteiger partial charge in [0.2, 0.25) is 0 Å². The van der Waals surface area contributed by atoms with Gasteiger partial charge in [0, 0.05) is 12.6 Å². The number of thiazole rings is 1. The van der Waals surface area contributed by atoms with E-state index in [4.69, 9.17) is 4.74 Å². The van der Waals surface area contributed by atoms with Crippen molar-refractivity contribution >= 4 is 22.3 Å². The minimum Gasteiger partial charge on any atom is -0.461 e. The fourth-order valence-corrected chi connectivity index (χ4v) is 2.20. The minimum absolute atomic E-state index is 0.356. The van der Waals surface area contributed by atoms with Crippen LogP contribution in [0.3, 0.4) is 0 Å². The summed E-state index contributed by atoms with van der Waals surface area (Å²) in [5, 5.41) is 4.05. The van der Waals surface area contributed by atoms with Crippen LogP contribution in [0.5, 0.6) is 0 Å². The monoisotopic (exact) mass is 285 g/mol. The van der Waals surface area contributed by atoms with Crippen LogP contribution in [0.4, 0.5) is 5.00 Å². The molecule has 0 amide bonds. The van der Waals surface area contributed by atoms with Gasteiger partial charge in [-0.15, -0.1) is 11.3 Å². The van der Waals surface area contributed by atoms with E-state index in [1.165, 1.54) is 11.3 Å². The van der Waals surface area contributed by atoms with E-state index in [2.05, 4.69) is 36.1 Å². The number of aromatic nitrogens is 1. The molecule has 19 heavy (non-hydrogen) atoms. The van der Waals surface area contributed by atoms with Crippen LogP contribution in [-0.4, -0.2) is 48.6 Å². The molecule has 6 heteroatoms. The zero-order valence-electron chi connectivity index (χ0n) is 12.1. The lowest BCUT2D eigenvalue weighted by Gasteiger charge is -2.20. The molecule has 0 aliphatic rings. The Bertz CT molecular complexity index is 393. The third-order valence-electron chi connectivity index (χ3n) is 2.89. The van der Waals surface area contributed by atoms with Crippen LogP contribution in [0.2, 0.25) is 0 Å². The molecule has 1 rings (SSSR count). The van der Waals surface area contributed by atoms with Gasteiger partial charge in [0.25, 0.3) is 0 Å². The molecule has 1 heterocycles. The Hall–Kier alpha value is -1.14. The second kappa shape index (κ2) is 8.12. The Kier molecular flexibility index (Phi) is 6.80. The summed E-state index contributed by atoms with van der Waals surface area (Å²) in [6.07, 6.45) is 1.02. The summed E-state index contributed by atoms with van der Waals surface area (Å²) in [6, 6.07) is 0.554. The first-order valence-electron chi connectivity index (χ1n) is 6.61. The normalized spacial score (nSPS) is 11.1. The number of hydrogen-bond acceptors (Lipinski definition) is 6. The van der Waals surface area contributed by atoms with Gasteiger partial charge in [-0.05, 0) is 40.8 Å². The lowest BCUT2D eigenvalue weighted by molar-refractivity contribution is 0.0521. The van der Waals surface area contributed by atoms with Crippen molar-refractivity contribution < 1.29 is 9.53 Å². The molecule has 5 nitrogen and oxygen atoms in total. The number of nitrogens with zero attached hydrogens (tertiary/aromatic N) is 2. The van der Waals surface area contributed by atoms with Gasteiger partial charge >= 0.3 is 5.97 Å². The number of carbonyl (C=O) groups excluding carboxylic acids is 1. The Morgan fingerprint density at radius 2 is 2.32 bits per heavy atom. The molecule has 1 aromatic heterocycles. The highest BCUT2D eigenvalue weighted by Crippen LogP contribution is 2.20. The number of rotatable bonds is 8. The van der Waals surface area contributed by atoms with Crippen molar-refractivity contribution in [3.8, 4) is 0 Å². The van der Waals surface area contributed by atoms with Crippen molar-refractivity contribution in [1.82, 2.24) is 9.88 Å².